The first-order valence-corrected chi connectivity index (χ1v) is 6.05. The summed E-state index contributed by atoms with van der Waals surface area (Å²) in [6.45, 7) is 1.40. The molecule has 0 fully saturated rings. The van der Waals surface area contributed by atoms with Gasteiger partial charge in [0.25, 0.3) is 6.43 Å². The average Bonchev–Trinajstić information content (AvgIpc) is 2.14. The van der Waals surface area contributed by atoms with Crippen LogP contribution in [-0.4, -0.2) is 51.6 Å². The number of hydrogen-bond donors (Lipinski definition) is 2. The molecule has 1 atom stereocenters. The molecule has 0 saturated carbocycles. The van der Waals surface area contributed by atoms with E-state index in [1.165, 1.54) is 0 Å². The zero-order chi connectivity index (χ0) is 11.9. The Balaban J connectivity index is 3.84. The van der Waals surface area contributed by atoms with Crippen LogP contribution in [-0.2, 0) is 14.8 Å². The van der Waals surface area contributed by atoms with E-state index in [1.54, 1.807) is 6.92 Å². The van der Waals surface area contributed by atoms with E-state index in [1.807, 2.05) is 4.72 Å². The molecule has 0 bridgehead atoms. The van der Waals surface area contributed by atoms with Gasteiger partial charge in [0.1, 0.15) is 6.10 Å². The van der Waals surface area contributed by atoms with Gasteiger partial charge in [0.2, 0.25) is 10.0 Å². The van der Waals surface area contributed by atoms with Gasteiger partial charge in [-0.3, -0.25) is 0 Å². The van der Waals surface area contributed by atoms with Crippen molar-refractivity contribution < 1.29 is 27.0 Å². The number of alkyl halides is 2. The lowest BCUT2D eigenvalue weighted by Crippen LogP contribution is -2.37. The van der Waals surface area contributed by atoms with Crippen molar-refractivity contribution in [1.82, 2.24) is 4.72 Å². The molecule has 0 spiro atoms. The lowest BCUT2D eigenvalue weighted by atomic mass is 10.4. The number of hydrogen-bond acceptors (Lipinski definition) is 4. The largest absolute Gasteiger partial charge is 0.386 e. The van der Waals surface area contributed by atoms with Crippen LogP contribution >= 0.6 is 0 Å². The normalized spacial score (nSPS) is 14.5. The fraction of sp³-hybridized carbons (Fsp3) is 1.00. The summed E-state index contributed by atoms with van der Waals surface area (Å²) in [6.07, 6.45) is -4.94. The van der Waals surface area contributed by atoms with Gasteiger partial charge >= 0.3 is 0 Å². The number of halogens is 2. The molecule has 0 radical (unpaired) electrons. The molecule has 8 heteroatoms. The fourth-order valence-corrected chi connectivity index (χ4v) is 1.59. The molecule has 0 aromatic carbocycles. The Morgan fingerprint density at radius 3 is 2.53 bits per heavy atom. The molecule has 2 N–H and O–H groups in total. The van der Waals surface area contributed by atoms with Gasteiger partial charge in [0.15, 0.2) is 0 Å². The van der Waals surface area contributed by atoms with E-state index in [-0.39, 0.29) is 12.4 Å². The molecule has 0 amide bonds. The minimum Gasteiger partial charge on any atom is -0.386 e. The number of ether oxygens (including phenoxy) is 1. The molecule has 0 heterocycles. The van der Waals surface area contributed by atoms with E-state index in [0.29, 0.717) is 6.61 Å². The number of aliphatic hydroxyl groups is 1. The summed E-state index contributed by atoms with van der Waals surface area (Å²) in [5.74, 6) is -0.309. The maximum Gasteiger partial charge on any atom is 0.265 e. The van der Waals surface area contributed by atoms with Crippen LogP contribution in [0, 0.1) is 0 Å². The lowest BCUT2D eigenvalue weighted by molar-refractivity contribution is -0.000468. The highest BCUT2D eigenvalue weighted by atomic mass is 32.2. The van der Waals surface area contributed by atoms with Crippen molar-refractivity contribution in [1.29, 1.82) is 0 Å². The van der Waals surface area contributed by atoms with Gasteiger partial charge in [-0.15, -0.1) is 0 Å². The smallest absolute Gasteiger partial charge is 0.265 e. The van der Waals surface area contributed by atoms with Crippen LogP contribution in [0.25, 0.3) is 0 Å². The van der Waals surface area contributed by atoms with Crippen LogP contribution in [0.1, 0.15) is 6.92 Å². The van der Waals surface area contributed by atoms with Crippen molar-refractivity contribution in [2.45, 2.75) is 19.5 Å². The van der Waals surface area contributed by atoms with Gasteiger partial charge in [-0.1, -0.05) is 0 Å². The number of aliphatic hydroxyl groups excluding tert-OH is 1. The highest BCUT2D eigenvalue weighted by Crippen LogP contribution is 1.99. The quantitative estimate of drug-likeness (QED) is 0.571. The summed E-state index contributed by atoms with van der Waals surface area (Å²) in [7, 11) is -3.65. The highest BCUT2D eigenvalue weighted by Gasteiger charge is 2.19. The van der Waals surface area contributed by atoms with Crippen LogP contribution in [0.2, 0.25) is 0 Å². The van der Waals surface area contributed by atoms with E-state index in [2.05, 4.69) is 0 Å². The van der Waals surface area contributed by atoms with Crippen LogP contribution in [0.5, 0.6) is 0 Å². The first-order chi connectivity index (χ1) is 6.89. The maximum absolute atomic E-state index is 11.8. The van der Waals surface area contributed by atoms with E-state index in [9.17, 15) is 17.2 Å². The summed E-state index contributed by atoms with van der Waals surface area (Å²) >= 11 is 0. The minimum absolute atomic E-state index is 0.00337. The topological polar surface area (TPSA) is 75.6 Å². The maximum atomic E-state index is 11.8. The minimum atomic E-state index is -3.65. The zero-order valence-electron chi connectivity index (χ0n) is 8.32. The predicted molar refractivity (Wildman–Crippen MR) is 50.3 cm³/mol. The summed E-state index contributed by atoms with van der Waals surface area (Å²) in [5.41, 5.74) is 0. The molecule has 1 unspecified atom stereocenters. The molecule has 0 rings (SSSR count). The number of sulfonamides is 1. The molecule has 0 aliphatic heterocycles. The van der Waals surface area contributed by atoms with Crippen molar-refractivity contribution in [2.75, 3.05) is 25.5 Å². The summed E-state index contributed by atoms with van der Waals surface area (Å²) in [5, 5.41) is 8.65. The Bertz CT molecular complexity index is 258. The lowest BCUT2D eigenvalue weighted by Gasteiger charge is -2.10. The van der Waals surface area contributed by atoms with E-state index in [4.69, 9.17) is 9.84 Å². The second kappa shape index (κ2) is 7.04. The van der Waals surface area contributed by atoms with Crippen molar-refractivity contribution in [3.05, 3.63) is 0 Å². The first-order valence-electron chi connectivity index (χ1n) is 4.40. The molecule has 0 aromatic rings. The molecule has 0 aromatic heterocycles. The third kappa shape index (κ3) is 7.60. The fourth-order valence-electron chi connectivity index (χ4n) is 0.687. The van der Waals surface area contributed by atoms with Crippen molar-refractivity contribution >= 4 is 10.0 Å². The van der Waals surface area contributed by atoms with Crippen LogP contribution in [0.15, 0.2) is 0 Å². The SMILES string of the molecule is CCOCCS(=O)(=O)NCC(O)C(F)F. The highest BCUT2D eigenvalue weighted by molar-refractivity contribution is 7.89. The van der Waals surface area contributed by atoms with Gasteiger partial charge in [0.05, 0.1) is 12.4 Å². The van der Waals surface area contributed by atoms with E-state index < -0.39 is 29.1 Å². The van der Waals surface area contributed by atoms with Crippen molar-refractivity contribution in [2.24, 2.45) is 0 Å². The molecule has 0 saturated heterocycles. The summed E-state index contributed by atoms with van der Waals surface area (Å²) in [6, 6.07) is 0. The van der Waals surface area contributed by atoms with Crippen molar-refractivity contribution in [3.63, 3.8) is 0 Å². The van der Waals surface area contributed by atoms with Gasteiger partial charge in [-0.25, -0.2) is 21.9 Å². The monoisotopic (exact) mass is 247 g/mol. The third-order valence-electron chi connectivity index (χ3n) is 1.50. The van der Waals surface area contributed by atoms with Crippen LogP contribution in [0.3, 0.4) is 0 Å². The van der Waals surface area contributed by atoms with Gasteiger partial charge < -0.3 is 9.84 Å². The molecule has 0 aliphatic carbocycles. The Labute approximate surface area is 87.5 Å². The van der Waals surface area contributed by atoms with Crippen LogP contribution < -0.4 is 4.72 Å². The van der Waals surface area contributed by atoms with Gasteiger partial charge in [0, 0.05) is 13.2 Å². The van der Waals surface area contributed by atoms with Gasteiger partial charge in [-0.05, 0) is 6.92 Å². The second-order valence-electron chi connectivity index (χ2n) is 2.77. The number of nitrogens with one attached hydrogen (secondary N) is 1. The molecular formula is C7H15F2NO4S. The van der Waals surface area contributed by atoms with Crippen molar-refractivity contribution in [3.8, 4) is 0 Å². The Kier molecular flexibility index (Phi) is 6.90. The zero-order valence-corrected chi connectivity index (χ0v) is 9.14. The molecule has 92 valence electrons. The Morgan fingerprint density at radius 2 is 2.07 bits per heavy atom. The molecule has 5 nitrogen and oxygen atoms in total. The van der Waals surface area contributed by atoms with Crippen LogP contribution in [0.4, 0.5) is 8.78 Å². The molecule has 15 heavy (non-hydrogen) atoms. The average molecular weight is 247 g/mol. The molecular weight excluding hydrogens is 232 g/mol. The summed E-state index contributed by atoms with van der Waals surface area (Å²) < 4.78 is 52.4. The van der Waals surface area contributed by atoms with E-state index in [0.717, 1.165) is 0 Å². The second-order valence-corrected chi connectivity index (χ2v) is 4.69. The number of rotatable bonds is 8. The Morgan fingerprint density at radius 1 is 1.47 bits per heavy atom. The first kappa shape index (κ1) is 14.7. The van der Waals surface area contributed by atoms with E-state index >= 15 is 0 Å². The van der Waals surface area contributed by atoms with Gasteiger partial charge in [-0.2, -0.15) is 0 Å². The standard InChI is InChI=1S/C7H15F2NO4S/c1-2-14-3-4-15(12,13)10-5-6(11)7(8)9/h6-7,10-11H,2-5H2,1H3. The Hall–Kier alpha value is -0.310. The summed E-state index contributed by atoms with van der Waals surface area (Å²) in [4.78, 5) is 0. The third-order valence-corrected chi connectivity index (χ3v) is 2.81. The molecule has 0 aliphatic rings. The predicted octanol–water partition coefficient (Wildman–Crippen LogP) is -0.432.